The van der Waals surface area contributed by atoms with E-state index in [1.54, 1.807) is 0 Å². The van der Waals surface area contributed by atoms with E-state index in [1.807, 2.05) is 0 Å². The molecular formula is C15H30N2O. The molecule has 1 atom stereocenters. The third-order valence-corrected chi connectivity index (χ3v) is 4.45. The van der Waals surface area contributed by atoms with Crippen LogP contribution in [0.4, 0.5) is 0 Å². The molecule has 0 aromatic heterocycles. The smallest absolute Gasteiger partial charge is 0.225 e. The highest BCUT2D eigenvalue weighted by Crippen LogP contribution is 2.29. The largest absolute Gasteiger partial charge is 0.342 e. The summed E-state index contributed by atoms with van der Waals surface area (Å²) in [4.78, 5) is 14.5. The zero-order valence-corrected chi connectivity index (χ0v) is 12.3. The predicted molar refractivity (Wildman–Crippen MR) is 76.2 cm³/mol. The van der Waals surface area contributed by atoms with Crippen molar-refractivity contribution in [2.75, 3.05) is 19.6 Å². The second kappa shape index (κ2) is 7.78. The first-order valence-corrected chi connectivity index (χ1v) is 7.61. The summed E-state index contributed by atoms with van der Waals surface area (Å²) in [6.07, 6.45) is 5.49. The number of amides is 1. The van der Waals surface area contributed by atoms with E-state index < -0.39 is 0 Å². The fourth-order valence-corrected chi connectivity index (χ4v) is 2.78. The maximum Gasteiger partial charge on any atom is 0.225 e. The van der Waals surface area contributed by atoms with Crippen molar-refractivity contribution in [1.29, 1.82) is 0 Å². The van der Waals surface area contributed by atoms with E-state index in [0.29, 0.717) is 17.7 Å². The van der Waals surface area contributed by atoms with Crippen molar-refractivity contribution >= 4 is 5.91 Å². The lowest BCUT2D eigenvalue weighted by Crippen LogP contribution is -2.40. The summed E-state index contributed by atoms with van der Waals surface area (Å²) in [6, 6.07) is 0. The lowest BCUT2D eigenvalue weighted by atomic mass is 9.81. The molecule has 2 N–H and O–H groups in total. The van der Waals surface area contributed by atoms with Crippen LogP contribution in [0.2, 0.25) is 0 Å². The number of hydrogen-bond acceptors (Lipinski definition) is 2. The second-order valence-corrected chi connectivity index (χ2v) is 5.84. The Hall–Kier alpha value is -0.570. The van der Waals surface area contributed by atoms with E-state index in [2.05, 4.69) is 25.7 Å². The molecule has 0 heterocycles. The normalized spacial score (nSPS) is 25.8. The number of carbonyl (C=O) groups is 1. The van der Waals surface area contributed by atoms with Gasteiger partial charge in [0.15, 0.2) is 0 Å². The summed E-state index contributed by atoms with van der Waals surface area (Å²) < 4.78 is 0. The van der Waals surface area contributed by atoms with Gasteiger partial charge in [0.05, 0.1) is 0 Å². The van der Waals surface area contributed by atoms with Crippen LogP contribution < -0.4 is 5.73 Å². The topological polar surface area (TPSA) is 46.3 Å². The van der Waals surface area contributed by atoms with Crippen molar-refractivity contribution in [3.8, 4) is 0 Å². The summed E-state index contributed by atoms with van der Waals surface area (Å²) in [5.41, 5.74) is 5.70. The van der Waals surface area contributed by atoms with Crippen LogP contribution in [0, 0.1) is 17.8 Å². The van der Waals surface area contributed by atoms with Gasteiger partial charge >= 0.3 is 0 Å². The zero-order valence-electron chi connectivity index (χ0n) is 12.3. The van der Waals surface area contributed by atoms with Gasteiger partial charge in [-0.2, -0.15) is 0 Å². The molecule has 0 saturated heterocycles. The number of hydrogen-bond donors (Lipinski definition) is 1. The van der Waals surface area contributed by atoms with Gasteiger partial charge in [-0.1, -0.05) is 20.3 Å². The maximum absolute atomic E-state index is 12.5. The highest BCUT2D eigenvalue weighted by atomic mass is 16.2. The van der Waals surface area contributed by atoms with Crippen molar-refractivity contribution in [3.63, 3.8) is 0 Å². The van der Waals surface area contributed by atoms with E-state index in [0.717, 1.165) is 51.7 Å². The molecule has 106 valence electrons. The van der Waals surface area contributed by atoms with E-state index in [-0.39, 0.29) is 5.92 Å². The minimum atomic E-state index is 0.261. The average molecular weight is 254 g/mol. The summed E-state index contributed by atoms with van der Waals surface area (Å²) in [5, 5.41) is 0. The van der Waals surface area contributed by atoms with Crippen LogP contribution in [0.25, 0.3) is 0 Å². The zero-order chi connectivity index (χ0) is 13.5. The van der Waals surface area contributed by atoms with Crippen LogP contribution in [0.1, 0.15) is 52.9 Å². The highest BCUT2D eigenvalue weighted by Gasteiger charge is 2.28. The Bertz CT molecular complexity index is 247. The number of nitrogens with zero attached hydrogens (tertiary/aromatic N) is 1. The predicted octanol–water partition coefficient (Wildman–Crippen LogP) is 2.65. The van der Waals surface area contributed by atoms with Gasteiger partial charge in [0.25, 0.3) is 0 Å². The molecule has 1 unspecified atom stereocenters. The molecular weight excluding hydrogens is 224 g/mol. The maximum atomic E-state index is 12.5. The van der Waals surface area contributed by atoms with E-state index in [1.165, 1.54) is 0 Å². The molecule has 0 aromatic rings. The molecule has 1 saturated carbocycles. The van der Waals surface area contributed by atoms with Crippen molar-refractivity contribution in [2.24, 2.45) is 23.5 Å². The first-order valence-electron chi connectivity index (χ1n) is 7.61. The van der Waals surface area contributed by atoms with Gasteiger partial charge in [-0.3, -0.25) is 4.79 Å². The molecule has 1 aliphatic rings. The fourth-order valence-electron chi connectivity index (χ4n) is 2.78. The molecule has 1 aliphatic carbocycles. The van der Waals surface area contributed by atoms with Crippen molar-refractivity contribution < 1.29 is 4.79 Å². The Morgan fingerprint density at radius 3 is 2.33 bits per heavy atom. The van der Waals surface area contributed by atoms with E-state index in [4.69, 9.17) is 5.73 Å². The lowest BCUT2D eigenvalue weighted by Gasteiger charge is -2.32. The fraction of sp³-hybridized carbons (Fsp3) is 0.933. The molecule has 1 amide bonds. The molecule has 3 heteroatoms. The average Bonchev–Trinajstić information content (AvgIpc) is 2.43. The van der Waals surface area contributed by atoms with Gasteiger partial charge in [0.2, 0.25) is 5.91 Å². The number of carbonyl (C=O) groups excluding carboxylic acids is 1. The molecule has 0 spiro atoms. The first kappa shape index (κ1) is 15.5. The SMILES string of the molecule is CCC(C)CN(CC)C(=O)C1CCC(CN)CC1. The van der Waals surface area contributed by atoms with Gasteiger partial charge in [0.1, 0.15) is 0 Å². The van der Waals surface area contributed by atoms with Crippen LogP contribution in [0.3, 0.4) is 0 Å². The molecule has 0 radical (unpaired) electrons. The second-order valence-electron chi connectivity index (χ2n) is 5.84. The summed E-state index contributed by atoms with van der Waals surface area (Å²) in [5.74, 6) is 1.90. The third-order valence-electron chi connectivity index (χ3n) is 4.45. The van der Waals surface area contributed by atoms with Crippen molar-refractivity contribution in [1.82, 2.24) is 4.90 Å². The van der Waals surface area contributed by atoms with E-state index in [9.17, 15) is 4.79 Å². The number of nitrogens with two attached hydrogens (primary N) is 1. The summed E-state index contributed by atoms with van der Waals surface area (Å²) in [6.45, 7) is 9.05. The Balaban J connectivity index is 2.46. The summed E-state index contributed by atoms with van der Waals surface area (Å²) in [7, 11) is 0. The van der Waals surface area contributed by atoms with Gasteiger partial charge < -0.3 is 10.6 Å². The molecule has 18 heavy (non-hydrogen) atoms. The minimum Gasteiger partial charge on any atom is -0.342 e. The quantitative estimate of drug-likeness (QED) is 0.792. The van der Waals surface area contributed by atoms with E-state index >= 15 is 0 Å². The Morgan fingerprint density at radius 2 is 1.89 bits per heavy atom. The number of rotatable bonds is 6. The van der Waals surface area contributed by atoms with Crippen LogP contribution in [-0.4, -0.2) is 30.4 Å². The highest BCUT2D eigenvalue weighted by molar-refractivity contribution is 5.78. The standard InChI is InChI=1S/C15H30N2O/c1-4-12(3)11-17(5-2)15(18)14-8-6-13(10-16)7-9-14/h12-14H,4-11,16H2,1-3H3. The molecule has 0 aromatic carbocycles. The van der Waals surface area contributed by atoms with Crippen LogP contribution >= 0.6 is 0 Å². The van der Waals surface area contributed by atoms with Gasteiger partial charge in [-0.05, 0) is 51.0 Å². The summed E-state index contributed by atoms with van der Waals surface area (Å²) >= 11 is 0. The van der Waals surface area contributed by atoms with Gasteiger partial charge in [0, 0.05) is 19.0 Å². The van der Waals surface area contributed by atoms with Crippen molar-refractivity contribution in [3.05, 3.63) is 0 Å². The monoisotopic (exact) mass is 254 g/mol. The Morgan fingerprint density at radius 1 is 1.28 bits per heavy atom. The third kappa shape index (κ3) is 4.27. The van der Waals surface area contributed by atoms with Crippen molar-refractivity contribution in [2.45, 2.75) is 52.9 Å². The molecule has 0 aliphatic heterocycles. The minimum absolute atomic E-state index is 0.261. The van der Waals surface area contributed by atoms with Crippen LogP contribution in [0.15, 0.2) is 0 Å². The first-order chi connectivity index (χ1) is 8.62. The molecule has 3 nitrogen and oxygen atoms in total. The van der Waals surface area contributed by atoms with Gasteiger partial charge in [-0.15, -0.1) is 0 Å². The molecule has 0 bridgehead atoms. The van der Waals surface area contributed by atoms with Crippen LogP contribution in [0.5, 0.6) is 0 Å². The molecule has 1 fully saturated rings. The van der Waals surface area contributed by atoms with Crippen LogP contribution in [-0.2, 0) is 4.79 Å². The Kier molecular flexibility index (Phi) is 6.69. The lowest BCUT2D eigenvalue weighted by molar-refractivity contribution is -0.137. The van der Waals surface area contributed by atoms with Gasteiger partial charge in [-0.25, -0.2) is 0 Å². The molecule has 1 rings (SSSR count). The Labute approximate surface area is 112 Å².